The van der Waals surface area contributed by atoms with E-state index in [0.717, 1.165) is 41.9 Å². The minimum absolute atomic E-state index is 0.164. The minimum atomic E-state index is -0.298. The van der Waals surface area contributed by atoms with Crippen molar-refractivity contribution >= 4 is 29.1 Å². The van der Waals surface area contributed by atoms with Gasteiger partial charge in [0.15, 0.2) is 0 Å². The summed E-state index contributed by atoms with van der Waals surface area (Å²) in [4.78, 5) is 28.9. The number of guanidine groups is 1. The van der Waals surface area contributed by atoms with Crippen molar-refractivity contribution in [1.82, 2.24) is 15.1 Å². The zero-order chi connectivity index (χ0) is 24.5. The second-order valence-corrected chi connectivity index (χ2v) is 8.02. The highest BCUT2D eigenvalue weighted by atomic mass is 16.2. The molecule has 2 aromatic carbocycles. The quantitative estimate of drug-likeness (QED) is 0.340. The number of nitrogens with zero attached hydrogens (tertiary/aromatic N) is 3. The van der Waals surface area contributed by atoms with E-state index >= 15 is 0 Å². The maximum absolute atomic E-state index is 13.0. The number of aromatic nitrogens is 2. The molecule has 0 fully saturated rings. The van der Waals surface area contributed by atoms with Crippen LogP contribution in [0.25, 0.3) is 0 Å². The molecular weight excluding hydrogens is 428 g/mol. The number of hydrogen-bond donors (Lipinski definition) is 3. The van der Waals surface area contributed by atoms with Crippen LogP contribution in [0.3, 0.4) is 0 Å². The average Bonchev–Trinajstić information content (AvgIpc) is 3.17. The van der Waals surface area contributed by atoms with E-state index in [1.54, 1.807) is 24.3 Å². The molecule has 3 N–H and O–H groups in total. The van der Waals surface area contributed by atoms with E-state index in [1.165, 1.54) is 6.92 Å². The summed E-state index contributed by atoms with van der Waals surface area (Å²) in [6, 6.07) is 14.7. The molecule has 34 heavy (non-hydrogen) atoms. The normalized spacial score (nSPS) is 11.2. The maximum atomic E-state index is 13.0. The first kappa shape index (κ1) is 24.7. The van der Waals surface area contributed by atoms with Gasteiger partial charge in [0.05, 0.1) is 12.2 Å². The Labute approximate surface area is 200 Å². The van der Waals surface area contributed by atoms with E-state index in [9.17, 15) is 9.59 Å². The van der Waals surface area contributed by atoms with Crippen LogP contribution in [-0.2, 0) is 24.3 Å². The first-order valence-corrected chi connectivity index (χ1v) is 11.5. The van der Waals surface area contributed by atoms with E-state index in [-0.39, 0.29) is 11.8 Å². The molecule has 0 radical (unpaired) electrons. The van der Waals surface area contributed by atoms with Gasteiger partial charge in [-0.3, -0.25) is 19.6 Å². The number of para-hydroxylation sites is 1. The van der Waals surface area contributed by atoms with Crippen LogP contribution in [0.2, 0.25) is 0 Å². The number of nitrogens with one attached hydrogen (secondary N) is 3. The van der Waals surface area contributed by atoms with Gasteiger partial charge in [-0.05, 0) is 55.7 Å². The molecule has 0 aliphatic rings. The number of rotatable bonds is 8. The Morgan fingerprint density at radius 2 is 1.74 bits per heavy atom. The summed E-state index contributed by atoms with van der Waals surface area (Å²) in [5.41, 5.74) is 5.03. The van der Waals surface area contributed by atoms with Crippen LogP contribution in [0.4, 0.5) is 11.4 Å². The Balaban J connectivity index is 1.82. The summed E-state index contributed by atoms with van der Waals surface area (Å²) in [6.07, 6.45) is 3.85. The van der Waals surface area contributed by atoms with E-state index in [0.29, 0.717) is 23.8 Å². The molecule has 2 amide bonds. The minimum Gasteiger partial charge on any atom is -0.326 e. The maximum Gasteiger partial charge on any atom is 0.257 e. The van der Waals surface area contributed by atoms with Crippen molar-refractivity contribution in [3.8, 4) is 0 Å². The Kier molecular flexibility index (Phi) is 8.56. The Hall–Kier alpha value is -3.94. The van der Waals surface area contributed by atoms with Crippen LogP contribution in [-0.4, -0.2) is 27.6 Å². The summed E-state index contributed by atoms with van der Waals surface area (Å²) in [5.74, 6) is -0.101. The van der Waals surface area contributed by atoms with Crippen LogP contribution in [0.1, 0.15) is 54.4 Å². The van der Waals surface area contributed by atoms with Crippen LogP contribution in [0, 0.1) is 6.92 Å². The SMILES string of the molecule is CCCn1cc(CN=C(NC(=O)c2ccc(NC(C)=O)cc2)Nc2ccccc2CC)c(C)n1. The molecule has 8 nitrogen and oxygen atoms in total. The Morgan fingerprint density at radius 3 is 2.41 bits per heavy atom. The van der Waals surface area contributed by atoms with Crippen molar-refractivity contribution in [3.63, 3.8) is 0 Å². The van der Waals surface area contributed by atoms with Gasteiger partial charge in [-0.2, -0.15) is 5.10 Å². The zero-order valence-corrected chi connectivity index (χ0v) is 20.2. The van der Waals surface area contributed by atoms with Crippen LogP contribution >= 0.6 is 0 Å². The average molecular weight is 461 g/mol. The van der Waals surface area contributed by atoms with Crippen molar-refractivity contribution in [2.24, 2.45) is 4.99 Å². The van der Waals surface area contributed by atoms with Gasteiger partial charge in [-0.1, -0.05) is 32.0 Å². The van der Waals surface area contributed by atoms with Crippen molar-refractivity contribution in [2.75, 3.05) is 10.6 Å². The zero-order valence-electron chi connectivity index (χ0n) is 20.2. The topological polar surface area (TPSA) is 100 Å². The van der Waals surface area contributed by atoms with Gasteiger partial charge in [0, 0.05) is 42.2 Å². The van der Waals surface area contributed by atoms with Gasteiger partial charge >= 0.3 is 0 Å². The second kappa shape index (κ2) is 11.8. The fourth-order valence-electron chi connectivity index (χ4n) is 3.50. The van der Waals surface area contributed by atoms with Gasteiger partial charge < -0.3 is 10.6 Å². The Morgan fingerprint density at radius 1 is 1.00 bits per heavy atom. The molecular formula is C26H32N6O2. The summed E-state index contributed by atoms with van der Waals surface area (Å²) in [5, 5.41) is 13.4. The van der Waals surface area contributed by atoms with Crippen molar-refractivity contribution in [1.29, 1.82) is 0 Å². The standard InChI is InChI=1S/C26H32N6O2/c1-5-15-32-17-22(18(3)31-32)16-27-26(29-24-10-8-7-9-20(24)6-2)30-25(34)21-11-13-23(14-12-21)28-19(4)33/h7-14,17H,5-6,15-16H2,1-4H3,(H,28,33)(H2,27,29,30,34). The molecule has 178 valence electrons. The monoisotopic (exact) mass is 460 g/mol. The van der Waals surface area contributed by atoms with Gasteiger partial charge in [0.2, 0.25) is 11.9 Å². The first-order valence-electron chi connectivity index (χ1n) is 11.5. The largest absolute Gasteiger partial charge is 0.326 e. The molecule has 3 rings (SSSR count). The van der Waals surface area contributed by atoms with Crippen LogP contribution < -0.4 is 16.0 Å². The van der Waals surface area contributed by atoms with E-state index in [1.807, 2.05) is 42.1 Å². The number of amides is 2. The van der Waals surface area contributed by atoms with Gasteiger partial charge in [-0.15, -0.1) is 0 Å². The van der Waals surface area contributed by atoms with E-state index in [2.05, 4.69) is 39.9 Å². The number of aryl methyl sites for hydroxylation is 3. The number of hydrogen-bond acceptors (Lipinski definition) is 4. The molecule has 0 atom stereocenters. The third kappa shape index (κ3) is 6.78. The highest BCUT2D eigenvalue weighted by Crippen LogP contribution is 2.16. The highest BCUT2D eigenvalue weighted by molar-refractivity contribution is 6.10. The second-order valence-electron chi connectivity index (χ2n) is 8.02. The lowest BCUT2D eigenvalue weighted by molar-refractivity contribution is -0.114. The fraction of sp³-hybridized carbons (Fsp3) is 0.308. The number of benzene rings is 2. The molecule has 0 aliphatic carbocycles. The van der Waals surface area contributed by atoms with Gasteiger partial charge in [0.1, 0.15) is 0 Å². The molecule has 0 spiro atoms. The first-order chi connectivity index (χ1) is 16.4. The van der Waals surface area contributed by atoms with E-state index < -0.39 is 0 Å². The highest BCUT2D eigenvalue weighted by Gasteiger charge is 2.12. The smallest absolute Gasteiger partial charge is 0.257 e. The molecule has 3 aromatic rings. The number of carbonyl (C=O) groups is 2. The fourth-order valence-corrected chi connectivity index (χ4v) is 3.50. The van der Waals surface area contributed by atoms with Crippen LogP contribution in [0.15, 0.2) is 59.7 Å². The molecule has 1 heterocycles. The third-order valence-electron chi connectivity index (χ3n) is 5.26. The molecule has 0 saturated carbocycles. The van der Waals surface area contributed by atoms with E-state index in [4.69, 9.17) is 0 Å². The lowest BCUT2D eigenvalue weighted by atomic mass is 10.1. The summed E-state index contributed by atoms with van der Waals surface area (Å²) >= 11 is 0. The lowest BCUT2D eigenvalue weighted by Crippen LogP contribution is -2.36. The molecule has 0 aliphatic heterocycles. The summed E-state index contributed by atoms with van der Waals surface area (Å²) < 4.78 is 1.93. The van der Waals surface area contributed by atoms with Crippen molar-refractivity contribution in [2.45, 2.75) is 53.6 Å². The lowest BCUT2D eigenvalue weighted by Gasteiger charge is -2.14. The van der Waals surface area contributed by atoms with Crippen molar-refractivity contribution < 1.29 is 9.59 Å². The van der Waals surface area contributed by atoms with Gasteiger partial charge in [-0.25, -0.2) is 4.99 Å². The summed E-state index contributed by atoms with van der Waals surface area (Å²) in [7, 11) is 0. The predicted octanol–water partition coefficient (Wildman–Crippen LogP) is 4.52. The van der Waals surface area contributed by atoms with Crippen LogP contribution in [0.5, 0.6) is 0 Å². The van der Waals surface area contributed by atoms with Crippen molar-refractivity contribution in [3.05, 3.63) is 77.1 Å². The molecule has 0 saturated heterocycles. The number of aliphatic imine (C=N–C) groups is 1. The Bertz CT molecular complexity index is 1160. The molecule has 8 heteroatoms. The number of anilines is 2. The molecule has 0 bridgehead atoms. The summed E-state index contributed by atoms with van der Waals surface area (Å²) in [6.45, 7) is 8.83. The molecule has 1 aromatic heterocycles. The predicted molar refractivity (Wildman–Crippen MR) is 136 cm³/mol. The number of carbonyl (C=O) groups excluding carboxylic acids is 2. The molecule has 0 unspecified atom stereocenters. The van der Waals surface area contributed by atoms with Gasteiger partial charge in [0.25, 0.3) is 5.91 Å². The third-order valence-corrected chi connectivity index (χ3v) is 5.26.